The number of urea groups is 1. The van der Waals surface area contributed by atoms with Crippen molar-refractivity contribution in [1.29, 1.82) is 0 Å². The molecule has 5 heteroatoms. The molecule has 0 aliphatic rings. The molecule has 0 aliphatic carbocycles. The lowest BCUT2D eigenvalue weighted by Crippen LogP contribution is -2.30. The Kier molecular flexibility index (Phi) is 4.30. The monoisotopic (exact) mass is 314 g/mol. The molecule has 3 aromatic rings. The Morgan fingerprint density at radius 2 is 2.00 bits per heavy atom. The fraction of sp³-hybridized carbons (Fsp3) is 0.118. The van der Waals surface area contributed by atoms with E-state index in [1.165, 1.54) is 0 Å². The Morgan fingerprint density at radius 1 is 1.14 bits per heavy atom. The molecule has 0 saturated carbocycles. The van der Waals surface area contributed by atoms with E-state index in [-0.39, 0.29) is 6.03 Å². The summed E-state index contributed by atoms with van der Waals surface area (Å²) in [5, 5.41) is 7.23. The van der Waals surface area contributed by atoms with Crippen LogP contribution < -0.4 is 10.6 Å². The summed E-state index contributed by atoms with van der Waals surface area (Å²) in [6.45, 7) is 0.524. The van der Waals surface area contributed by atoms with Gasteiger partial charge < -0.3 is 15.1 Å². The summed E-state index contributed by atoms with van der Waals surface area (Å²) in [4.78, 5) is 11.8. The van der Waals surface area contributed by atoms with Gasteiger partial charge in [0.05, 0.1) is 6.26 Å². The van der Waals surface area contributed by atoms with Crippen LogP contribution in [0.2, 0.25) is 5.02 Å². The van der Waals surface area contributed by atoms with E-state index in [1.807, 2.05) is 24.3 Å². The predicted molar refractivity (Wildman–Crippen MR) is 88.4 cm³/mol. The van der Waals surface area contributed by atoms with Crippen LogP contribution in [0.15, 0.2) is 59.2 Å². The molecule has 0 unspecified atom stereocenters. The molecule has 3 rings (SSSR count). The molecule has 1 aromatic heterocycles. The maximum absolute atomic E-state index is 11.8. The summed E-state index contributed by atoms with van der Waals surface area (Å²) in [5.74, 6) is 0. The minimum atomic E-state index is -0.255. The van der Waals surface area contributed by atoms with E-state index in [4.69, 9.17) is 16.0 Å². The molecule has 112 valence electrons. The molecule has 2 amide bonds. The van der Waals surface area contributed by atoms with Crippen molar-refractivity contribution in [3.8, 4) is 0 Å². The molecule has 0 spiro atoms. The lowest BCUT2D eigenvalue weighted by atomic mass is 10.1. The normalized spacial score (nSPS) is 10.6. The van der Waals surface area contributed by atoms with Gasteiger partial charge in [0.25, 0.3) is 0 Å². The number of furan rings is 1. The highest BCUT2D eigenvalue weighted by Crippen LogP contribution is 2.20. The van der Waals surface area contributed by atoms with E-state index in [1.54, 1.807) is 30.5 Å². The van der Waals surface area contributed by atoms with Crippen molar-refractivity contribution < 1.29 is 9.21 Å². The number of carbonyl (C=O) groups is 1. The first kappa shape index (κ1) is 14.5. The van der Waals surface area contributed by atoms with Crippen molar-refractivity contribution >= 4 is 34.3 Å². The number of para-hydroxylation sites is 1. The van der Waals surface area contributed by atoms with Crippen LogP contribution in [0, 0.1) is 0 Å². The number of carbonyl (C=O) groups excluding carboxylic acids is 1. The van der Waals surface area contributed by atoms with Crippen molar-refractivity contribution in [2.45, 2.75) is 6.42 Å². The molecular formula is C17H15ClN2O2. The molecular weight excluding hydrogens is 300 g/mol. The van der Waals surface area contributed by atoms with Crippen LogP contribution in [0.3, 0.4) is 0 Å². The Bertz CT molecular complexity index is 798. The van der Waals surface area contributed by atoms with E-state index in [2.05, 4.69) is 10.6 Å². The third kappa shape index (κ3) is 3.40. The Morgan fingerprint density at radius 3 is 2.86 bits per heavy atom. The van der Waals surface area contributed by atoms with Crippen molar-refractivity contribution in [1.82, 2.24) is 5.32 Å². The summed E-state index contributed by atoms with van der Waals surface area (Å²) >= 11 is 5.87. The zero-order chi connectivity index (χ0) is 15.4. The highest BCUT2D eigenvalue weighted by Gasteiger charge is 2.06. The topological polar surface area (TPSA) is 54.3 Å². The van der Waals surface area contributed by atoms with E-state index in [9.17, 15) is 4.79 Å². The largest absolute Gasteiger partial charge is 0.464 e. The Balaban J connectivity index is 1.53. The summed E-state index contributed by atoms with van der Waals surface area (Å²) < 4.78 is 5.47. The van der Waals surface area contributed by atoms with Crippen molar-refractivity contribution in [3.63, 3.8) is 0 Å². The number of benzene rings is 2. The van der Waals surface area contributed by atoms with Gasteiger partial charge >= 0.3 is 6.03 Å². The Hall–Kier alpha value is -2.46. The lowest BCUT2D eigenvalue weighted by Gasteiger charge is -2.07. The van der Waals surface area contributed by atoms with Gasteiger partial charge in [-0.05, 0) is 36.2 Å². The van der Waals surface area contributed by atoms with E-state index < -0.39 is 0 Å². The second kappa shape index (κ2) is 6.54. The smallest absolute Gasteiger partial charge is 0.319 e. The molecule has 1 heterocycles. The SMILES string of the molecule is O=C(NCCc1coc2ccccc12)Nc1cccc(Cl)c1. The van der Waals surface area contributed by atoms with E-state index in [0.29, 0.717) is 23.7 Å². The first-order valence-electron chi connectivity index (χ1n) is 6.98. The van der Waals surface area contributed by atoms with Gasteiger partial charge in [-0.1, -0.05) is 35.9 Å². The number of hydrogen-bond acceptors (Lipinski definition) is 2. The van der Waals surface area contributed by atoms with Crippen LogP contribution in [-0.4, -0.2) is 12.6 Å². The fourth-order valence-corrected chi connectivity index (χ4v) is 2.47. The molecule has 2 N–H and O–H groups in total. The minimum absolute atomic E-state index is 0.255. The number of amides is 2. The highest BCUT2D eigenvalue weighted by atomic mass is 35.5. The zero-order valence-corrected chi connectivity index (χ0v) is 12.6. The quantitative estimate of drug-likeness (QED) is 0.747. The number of anilines is 1. The maximum atomic E-state index is 11.8. The molecule has 0 fully saturated rings. The number of nitrogens with one attached hydrogen (secondary N) is 2. The fourth-order valence-electron chi connectivity index (χ4n) is 2.28. The Labute approximate surface area is 133 Å². The van der Waals surface area contributed by atoms with Gasteiger partial charge in [0.15, 0.2) is 0 Å². The first-order valence-corrected chi connectivity index (χ1v) is 7.36. The molecule has 0 saturated heterocycles. The molecule has 22 heavy (non-hydrogen) atoms. The maximum Gasteiger partial charge on any atom is 0.319 e. The van der Waals surface area contributed by atoms with Crippen LogP contribution in [0.5, 0.6) is 0 Å². The number of halogens is 1. The van der Waals surface area contributed by atoms with Gasteiger partial charge in [-0.2, -0.15) is 0 Å². The molecule has 0 bridgehead atoms. The van der Waals surface area contributed by atoms with Crippen LogP contribution in [0.4, 0.5) is 10.5 Å². The summed E-state index contributed by atoms with van der Waals surface area (Å²) in [6, 6.07) is 14.6. The third-order valence-electron chi connectivity index (χ3n) is 3.32. The second-order valence-corrected chi connectivity index (χ2v) is 5.33. The van der Waals surface area contributed by atoms with Gasteiger partial charge in [-0.3, -0.25) is 0 Å². The number of hydrogen-bond donors (Lipinski definition) is 2. The van der Waals surface area contributed by atoms with Crippen LogP contribution >= 0.6 is 11.6 Å². The molecule has 4 nitrogen and oxygen atoms in total. The minimum Gasteiger partial charge on any atom is -0.464 e. The van der Waals surface area contributed by atoms with Crippen molar-refractivity contribution in [2.75, 3.05) is 11.9 Å². The lowest BCUT2D eigenvalue weighted by molar-refractivity contribution is 0.252. The van der Waals surface area contributed by atoms with Crippen molar-refractivity contribution in [2.24, 2.45) is 0 Å². The predicted octanol–water partition coefficient (Wildman–Crippen LogP) is 4.45. The molecule has 2 aromatic carbocycles. The number of rotatable bonds is 4. The van der Waals surface area contributed by atoms with Gasteiger partial charge in [-0.15, -0.1) is 0 Å². The van der Waals surface area contributed by atoms with Crippen LogP contribution in [0.25, 0.3) is 11.0 Å². The summed E-state index contributed by atoms with van der Waals surface area (Å²) in [7, 11) is 0. The zero-order valence-electron chi connectivity index (χ0n) is 11.8. The average molecular weight is 315 g/mol. The molecule has 0 atom stereocenters. The van der Waals surface area contributed by atoms with E-state index >= 15 is 0 Å². The molecule has 0 radical (unpaired) electrons. The van der Waals surface area contributed by atoms with Crippen LogP contribution in [0.1, 0.15) is 5.56 Å². The van der Waals surface area contributed by atoms with Crippen molar-refractivity contribution in [3.05, 3.63) is 65.4 Å². The van der Waals surface area contributed by atoms with Gasteiger partial charge in [0, 0.05) is 22.6 Å². The first-order chi connectivity index (χ1) is 10.7. The molecule has 0 aliphatic heterocycles. The van der Waals surface area contributed by atoms with Gasteiger partial charge in [-0.25, -0.2) is 4.79 Å². The van der Waals surface area contributed by atoms with Crippen LogP contribution in [-0.2, 0) is 6.42 Å². The third-order valence-corrected chi connectivity index (χ3v) is 3.56. The highest BCUT2D eigenvalue weighted by molar-refractivity contribution is 6.30. The summed E-state index contributed by atoms with van der Waals surface area (Å²) in [6.07, 6.45) is 2.45. The number of fused-ring (bicyclic) bond motifs is 1. The average Bonchev–Trinajstić information content (AvgIpc) is 2.91. The summed E-state index contributed by atoms with van der Waals surface area (Å²) in [5.41, 5.74) is 2.61. The van der Waals surface area contributed by atoms with Gasteiger partial charge in [0.1, 0.15) is 5.58 Å². The standard InChI is InChI=1S/C17H15ClN2O2/c18-13-4-3-5-14(10-13)20-17(21)19-9-8-12-11-22-16-7-2-1-6-15(12)16/h1-7,10-11H,8-9H2,(H2,19,20,21). The van der Waals surface area contributed by atoms with E-state index in [0.717, 1.165) is 16.5 Å². The van der Waals surface area contributed by atoms with Gasteiger partial charge in [0.2, 0.25) is 0 Å². The second-order valence-electron chi connectivity index (χ2n) is 4.90.